The number of aryl methyl sites for hydroxylation is 1. The van der Waals surface area contributed by atoms with Crippen molar-refractivity contribution in [3.05, 3.63) is 80.0 Å². The lowest BCUT2D eigenvalue weighted by atomic mass is 9.76. The van der Waals surface area contributed by atoms with Crippen LogP contribution in [0.4, 0.5) is 0 Å². The van der Waals surface area contributed by atoms with Gasteiger partial charge in [0, 0.05) is 63.5 Å². The van der Waals surface area contributed by atoms with Gasteiger partial charge in [-0.3, -0.25) is 19.2 Å². The molecule has 0 bridgehead atoms. The summed E-state index contributed by atoms with van der Waals surface area (Å²) in [5.74, 6) is -0.875. The highest BCUT2D eigenvalue weighted by Gasteiger charge is 2.38. The average molecular weight is 653 g/mol. The number of ether oxygens (including phenoxy) is 1. The van der Waals surface area contributed by atoms with Crippen LogP contribution in [0.3, 0.4) is 0 Å². The topological polar surface area (TPSA) is 77.5 Å². The van der Waals surface area contributed by atoms with E-state index in [4.69, 9.17) is 4.74 Å². The first-order valence-corrected chi connectivity index (χ1v) is 14.9. The summed E-state index contributed by atoms with van der Waals surface area (Å²) in [4.78, 5) is 54.7. The molecule has 0 N–H and O–H groups in total. The van der Waals surface area contributed by atoms with Gasteiger partial charge < -0.3 is 4.74 Å². The zero-order chi connectivity index (χ0) is 29.7. The molecule has 2 aromatic carbocycles. The number of fused-ring (bicyclic) bond motifs is 3. The van der Waals surface area contributed by atoms with Crippen LogP contribution < -0.4 is 0 Å². The van der Waals surface area contributed by atoms with Crippen molar-refractivity contribution in [1.82, 2.24) is 0 Å². The molecule has 1 atom stereocenters. The maximum atomic E-state index is 14.2. The Labute approximate surface area is 250 Å². The molecule has 0 spiro atoms. The number of carbonyl (C=O) groups excluding carboxylic acids is 4. The monoisotopic (exact) mass is 652 g/mol. The molecule has 0 saturated carbocycles. The fraction of sp³-hybridized carbons (Fsp3) is 0.412. The van der Waals surface area contributed by atoms with Gasteiger partial charge in [-0.05, 0) is 88.3 Å². The molecule has 2 aliphatic rings. The van der Waals surface area contributed by atoms with Crippen molar-refractivity contribution in [3.8, 4) is 0 Å². The SMILES string of the molecule is CCCOC(C)(C)Cc1cc2ccc3c(c2c(C)c1C(=O)I)C(=O)C(C(=O)C1=C(C)CC(C)C(C)=C1)=C(C)C3=O. The van der Waals surface area contributed by atoms with Crippen LogP contribution in [-0.2, 0) is 16.0 Å². The van der Waals surface area contributed by atoms with Gasteiger partial charge in [0.15, 0.2) is 17.3 Å². The number of benzene rings is 2. The highest BCUT2D eigenvalue weighted by Crippen LogP contribution is 2.39. The quantitative estimate of drug-likeness (QED) is 0.164. The number of halogens is 1. The zero-order valence-electron chi connectivity index (χ0n) is 24.6. The van der Waals surface area contributed by atoms with Crippen LogP contribution in [0, 0.1) is 12.8 Å². The van der Waals surface area contributed by atoms with Crippen molar-refractivity contribution in [3.63, 3.8) is 0 Å². The molecule has 0 heterocycles. The largest absolute Gasteiger partial charge is 0.375 e. The van der Waals surface area contributed by atoms with Gasteiger partial charge >= 0.3 is 0 Å². The first-order chi connectivity index (χ1) is 18.7. The summed E-state index contributed by atoms with van der Waals surface area (Å²) in [5.41, 5.74) is 4.56. The van der Waals surface area contributed by atoms with Gasteiger partial charge in [-0.1, -0.05) is 43.2 Å². The molecule has 0 aromatic heterocycles. The molecule has 0 amide bonds. The summed E-state index contributed by atoms with van der Waals surface area (Å²) < 4.78 is 5.91. The van der Waals surface area contributed by atoms with E-state index in [1.54, 1.807) is 35.6 Å². The van der Waals surface area contributed by atoms with E-state index in [1.165, 1.54) is 0 Å². The number of rotatable bonds is 8. The van der Waals surface area contributed by atoms with Gasteiger partial charge in [0.1, 0.15) is 0 Å². The van der Waals surface area contributed by atoms with Crippen molar-refractivity contribution < 1.29 is 23.9 Å². The van der Waals surface area contributed by atoms with Crippen molar-refractivity contribution in [2.24, 2.45) is 5.92 Å². The molecule has 40 heavy (non-hydrogen) atoms. The number of allylic oxidation sites excluding steroid dienone is 6. The Balaban J connectivity index is 1.92. The Morgan fingerprint density at radius 3 is 2.38 bits per heavy atom. The third kappa shape index (κ3) is 5.32. The fourth-order valence-corrected chi connectivity index (χ4v) is 6.75. The molecule has 1 unspecified atom stereocenters. The lowest BCUT2D eigenvalue weighted by Gasteiger charge is -2.28. The van der Waals surface area contributed by atoms with Crippen LogP contribution in [0.1, 0.15) is 104 Å². The second-order valence-corrected chi connectivity index (χ2v) is 12.8. The molecule has 5 nitrogen and oxygen atoms in total. The van der Waals surface area contributed by atoms with Crippen molar-refractivity contribution in [2.45, 2.75) is 80.3 Å². The van der Waals surface area contributed by atoms with Crippen LogP contribution in [0.5, 0.6) is 0 Å². The minimum Gasteiger partial charge on any atom is -0.375 e. The summed E-state index contributed by atoms with van der Waals surface area (Å²) >= 11 is 1.78. The molecule has 0 aliphatic heterocycles. The minimum absolute atomic E-state index is 0.0714. The van der Waals surface area contributed by atoms with Gasteiger partial charge in [-0.2, -0.15) is 0 Å². The summed E-state index contributed by atoms with van der Waals surface area (Å²) in [5, 5.41) is 1.31. The van der Waals surface area contributed by atoms with Crippen LogP contribution in [0.15, 0.2) is 52.1 Å². The maximum absolute atomic E-state index is 14.2. The average Bonchev–Trinajstić information content (AvgIpc) is 2.87. The smallest absolute Gasteiger partial charge is 0.222 e. The molecular formula is C34H37IO5. The van der Waals surface area contributed by atoms with E-state index in [-0.39, 0.29) is 31.8 Å². The van der Waals surface area contributed by atoms with Crippen LogP contribution in [0.2, 0.25) is 0 Å². The van der Waals surface area contributed by atoms with Gasteiger partial charge in [0.05, 0.1) is 11.2 Å². The summed E-state index contributed by atoms with van der Waals surface area (Å²) in [6, 6.07) is 5.43. The molecule has 2 aromatic rings. The molecule has 210 valence electrons. The van der Waals surface area contributed by atoms with Crippen molar-refractivity contribution in [2.75, 3.05) is 6.61 Å². The third-order valence-electron chi connectivity index (χ3n) is 8.26. The predicted octanol–water partition coefficient (Wildman–Crippen LogP) is 8.04. The highest BCUT2D eigenvalue weighted by atomic mass is 127. The second-order valence-electron chi connectivity index (χ2n) is 11.9. The van der Waals surface area contributed by atoms with Crippen LogP contribution >= 0.6 is 22.6 Å². The number of carbonyl (C=O) groups is 4. The molecule has 0 fully saturated rings. The molecule has 6 heteroatoms. The van der Waals surface area contributed by atoms with E-state index < -0.39 is 17.2 Å². The number of hydrogen-bond donors (Lipinski definition) is 0. The van der Waals surface area contributed by atoms with Gasteiger partial charge in [-0.15, -0.1) is 0 Å². The van der Waals surface area contributed by atoms with Gasteiger partial charge in [0.25, 0.3) is 0 Å². The van der Waals surface area contributed by atoms with Gasteiger partial charge in [0.2, 0.25) is 3.79 Å². The van der Waals surface area contributed by atoms with Crippen molar-refractivity contribution >= 4 is 54.5 Å². The second kappa shape index (κ2) is 11.3. The van der Waals surface area contributed by atoms with E-state index in [9.17, 15) is 19.2 Å². The molecule has 0 saturated heterocycles. The Hall–Kier alpha value is -2.71. The lowest BCUT2D eigenvalue weighted by molar-refractivity contribution is -0.111. The molecule has 4 rings (SSSR count). The fourth-order valence-electron chi connectivity index (χ4n) is 6.00. The Kier molecular flexibility index (Phi) is 8.53. The Morgan fingerprint density at radius 1 is 1.07 bits per heavy atom. The summed E-state index contributed by atoms with van der Waals surface area (Å²) in [7, 11) is 0. The molecule has 0 radical (unpaired) electrons. The summed E-state index contributed by atoms with van der Waals surface area (Å²) in [6.45, 7) is 16.1. The number of hydrogen-bond acceptors (Lipinski definition) is 5. The zero-order valence-corrected chi connectivity index (χ0v) is 26.8. The minimum atomic E-state index is -0.495. The van der Waals surface area contributed by atoms with E-state index in [0.717, 1.165) is 34.9 Å². The number of ketones is 3. The Morgan fingerprint density at radius 2 is 1.75 bits per heavy atom. The molecule has 2 aliphatic carbocycles. The summed E-state index contributed by atoms with van der Waals surface area (Å²) in [6.07, 6.45) is 3.99. The normalized spacial score (nSPS) is 17.9. The van der Waals surface area contributed by atoms with Crippen molar-refractivity contribution in [1.29, 1.82) is 0 Å². The van der Waals surface area contributed by atoms with E-state index in [0.29, 0.717) is 41.0 Å². The molecular weight excluding hydrogens is 615 g/mol. The van der Waals surface area contributed by atoms with E-state index >= 15 is 0 Å². The van der Waals surface area contributed by atoms with Crippen LogP contribution in [-0.4, -0.2) is 33.3 Å². The third-order valence-corrected chi connectivity index (χ3v) is 8.79. The van der Waals surface area contributed by atoms with E-state index in [2.05, 4.69) is 13.8 Å². The van der Waals surface area contributed by atoms with E-state index in [1.807, 2.05) is 52.8 Å². The Bertz CT molecular complexity index is 1580. The first-order valence-electron chi connectivity index (χ1n) is 13.9. The van der Waals surface area contributed by atoms with Gasteiger partial charge in [-0.25, -0.2) is 0 Å². The lowest BCUT2D eigenvalue weighted by Crippen LogP contribution is -2.29. The first kappa shape index (κ1) is 30.3. The highest BCUT2D eigenvalue weighted by molar-refractivity contribution is 14.1. The number of Topliss-reactive ketones (excluding diaryl/α,β-unsaturated/α-hetero) is 3. The van der Waals surface area contributed by atoms with Crippen LogP contribution in [0.25, 0.3) is 10.8 Å². The standard InChI is InChI=1S/C34H37IO5/c1-9-12-40-34(7,8)16-23-15-22-10-11-24-29(26(22)20(5)27(23)33(35)39)32(38)28(21(6)30(24)36)31(37)25-14-18(3)17(2)13-19(25)4/h10-11,14-15,17H,9,12-13,16H2,1-8H3. The maximum Gasteiger partial charge on any atom is 0.222 e. The predicted molar refractivity (Wildman–Crippen MR) is 168 cm³/mol.